The van der Waals surface area contributed by atoms with Gasteiger partial charge in [-0.15, -0.1) is 0 Å². The highest BCUT2D eigenvalue weighted by molar-refractivity contribution is 5.83. The van der Waals surface area contributed by atoms with Crippen LogP contribution in [0.5, 0.6) is 0 Å². The minimum absolute atomic E-state index is 0.0440. The minimum Gasteiger partial charge on any atom is -0.480 e. The molecule has 1 aromatic rings. The smallest absolute Gasteiger partial charge is 0.326 e. The lowest BCUT2D eigenvalue weighted by Crippen LogP contribution is -2.51. The van der Waals surface area contributed by atoms with E-state index in [0.717, 1.165) is 76.1 Å². The first-order valence-corrected chi connectivity index (χ1v) is 13.6. The Hall–Kier alpha value is -2.39. The Morgan fingerprint density at radius 1 is 1.25 bits per heavy atom. The molecule has 0 radical (unpaired) electrons. The third-order valence-electron chi connectivity index (χ3n) is 7.54. The van der Waals surface area contributed by atoms with Gasteiger partial charge in [-0.3, -0.25) is 0 Å². The molecule has 3 rings (SSSR count). The first-order valence-electron chi connectivity index (χ1n) is 13.6. The van der Waals surface area contributed by atoms with Crippen LogP contribution >= 0.6 is 0 Å². The number of pyridine rings is 1. The number of urea groups is 1. The van der Waals surface area contributed by atoms with Gasteiger partial charge >= 0.3 is 12.0 Å². The molecule has 0 bridgehead atoms. The number of carboxylic acids is 1. The van der Waals surface area contributed by atoms with Crippen molar-refractivity contribution in [3.63, 3.8) is 0 Å². The second kappa shape index (κ2) is 13.8. The summed E-state index contributed by atoms with van der Waals surface area (Å²) in [6.07, 6.45) is 7.46. The van der Waals surface area contributed by atoms with Gasteiger partial charge in [-0.2, -0.15) is 0 Å². The van der Waals surface area contributed by atoms with Gasteiger partial charge in [-0.1, -0.05) is 6.07 Å². The van der Waals surface area contributed by atoms with E-state index in [1.165, 1.54) is 5.56 Å². The number of nitrogens with one attached hydrogen (secondary N) is 2. The number of carbonyl (C=O) groups excluding carboxylic acids is 1. The largest absolute Gasteiger partial charge is 0.480 e. The van der Waals surface area contributed by atoms with Crippen LogP contribution in [0.25, 0.3) is 0 Å². The lowest BCUT2D eigenvalue weighted by atomic mass is 10.1. The number of methoxy groups -OCH3 is 1. The highest BCUT2D eigenvalue weighted by Crippen LogP contribution is 2.23. The maximum absolute atomic E-state index is 12.8. The van der Waals surface area contributed by atoms with Crippen LogP contribution < -0.4 is 10.6 Å². The Balaban J connectivity index is 1.49. The molecule has 0 unspecified atom stereocenters. The summed E-state index contributed by atoms with van der Waals surface area (Å²) in [5.74, 6) is 0.0449. The molecule has 1 aromatic heterocycles. The van der Waals surface area contributed by atoms with E-state index in [4.69, 9.17) is 9.72 Å². The van der Waals surface area contributed by atoms with Crippen LogP contribution in [0.3, 0.4) is 0 Å². The van der Waals surface area contributed by atoms with E-state index in [9.17, 15) is 14.7 Å². The van der Waals surface area contributed by atoms with Crippen molar-refractivity contribution in [2.24, 2.45) is 0 Å². The van der Waals surface area contributed by atoms with Gasteiger partial charge in [0.15, 0.2) is 0 Å². The standard InChI is InChI=1S/C27H45N5O4/c1-19-10-11-20(2)32(19)27(35)30-24(26(33)34)14-17-31(18-21(3)36-4)16-6-5-9-23-13-12-22-8-7-15-28-25(22)29-23/h12-13,19-21,24H,5-11,14-18H2,1-4H3,(H,28,29)(H,30,35)(H,33,34)/t19-,20-,21-,24+/m1/s1. The average Bonchev–Trinajstić information content (AvgIpc) is 3.21. The van der Waals surface area contributed by atoms with Crippen molar-refractivity contribution in [2.75, 3.05) is 38.6 Å². The van der Waals surface area contributed by atoms with Gasteiger partial charge in [0.2, 0.25) is 0 Å². The topological polar surface area (TPSA) is 107 Å². The summed E-state index contributed by atoms with van der Waals surface area (Å²) in [5, 5.41) is 15.9. The number of aryl methyl sites for hydroxylation is 2. The molecule has 202 valence electrons. The lowest BCUT2D eigenvalue weighted by molar-refractivity contribution is -0.139. The van der Waals surface area contributed by atoms with E-state index in [2.05, 4.69) is 27.7 Å². The van der Waals surface area contributed by atoms with Crippen molar-refractivity contribution in [2.45, 2.75) is 96.4 Å². The molecule has 0 saturated carbocycles. The summed E-state index contributed by atoms with van der Waals surface area (Å²) in [6.45, 7) is 9.19. The summed E-state index contributed by atoms with van der Waals surface area (Å²) in [4.78, 5) is 33.5. The quantitative estimate of drug-likeness (QED) is 0.354. The first kappa shape index (κ1) is 28.2. The highest BCUT2D eigenvalue weighted by Gasteiger charge is 2.33. The van der Waals surface area contributed by atoms with E-state index in [-0.39, 0.29) is 24.2 Å². The van der Waals surface area contributed by atoms with E-state index < -0.39 is 12.0 Å². The highest BCUT2D eigenvalue weighted by atomic mass is 16.5. The summed E-state index contributed by atoms with van der Waals surface area (Å²) >= 11 is 0. The van der Waals surface area contributed by atoms with E-state index in [1.807, 2.05) is 20.8 Å². The van der Waals surface area contributed by atoms with Crippen molar-refractivity contribution < 1.29 is 19.4 Å². The fraction of sp³-hybridized carbons (Fsp3) is 0.741. The Bertz CT molecular complexity index is 857. The van der Waals surface area contributed by atoms with Gasteiger partial charge in [-0.05, 0) is 90.3 Å². The molecule has 2 aliphatic heterocycles. The molecule has 0 aromatic carbocycles. The number of unbranched alkanes of at least 4 members (excludes halogenated alkanes) is 1. The van der Waals surface area contributed by atoms with Crippen LogP contribution in [0, 0.1) is 0 Å². The molecular formula is C27H45N5O4. The van der Waals surface area contributed by atoms with Crippen LogP contribution in [0.2, 0.25) is 0 Å². The second-order valence-electron chi connectivity index (χ2n) is 10.5. The summed E-state index contributed by atoms with van der Waals surface area (Å²) < 4.78 is 5.47. The molecule has 36 heavy (non-hydrogen) atoms. The summed E-state index contributed by atoms with van der Waals surface area (Å²) in [6, 6.07) is 3.41. The molecule has 3 heterocycles. The fourth-order valence-electron chi connectivity index (χ4n) is 5.27. The molecule has 9 heteroatoms. The van der Waals surface area contributed by atoms with E-state index in [1.54, 1.807) is 12.0 Å². The number of aliphatic carboxylic acids is 1. The van der Waals surface area contributed by atoms with Gasteiger partial charge in [0.25, 0.3) is 0 Å². The predicted molar refractivity (Wildman–Crippen MR) is 141 cm³/mol. The molecule has 1 saturated heterocycles. The number of likely N-dealkylation sites (tertiary alicyclic amines) is 1. The van der Waals surface area contributed by atoms with Crippen LogP contribution in [-0.4, -0.2) is 89.4 Å². The third kappa shape index (κ3) is 8.06. The zero-order chi connectivity index (χ0) is 26.1. The van der Waals surface area contributed by atoms with Crippen LogP contribution in [-0.2, 0) is 22.4 Å². The molecule has 4 atom stereocenters. The number of fused-ring (bicyclic) bond motifs is 1. The minimum atomic E-state index is -0.991. The van der Waals surface area contributed by atoms with Crippen LogP contribution in [0.4, 0.5) is 10.6 Å². The Labute approximate surface area is 216 Å². The molecule has 9 nitrogen and oxygen atoms in total. The number of anilines is 1. The molecule has 2 amide bonds. The number of hydrogen-bond donors (Lipinski definition) is 3. The Morgan fingerprint density at radius 2 is 2.00 bits per heavy atom. The Kier molecular flexibility index (Phi) is 10.8. The van der Waals surface area contributed by atoms with Gasteiger partial charge in [0.05, 0.1) is 6.10 Å². The summed E-state index contributed by atoms with van der Waals surface area (Å²) in [5.41, 5.74) is 2.41. The van der Waals surface area contributed by atoms with Crippen molar-refractivity contribution in [1.29, 1.82) is 0 Å². The monoisotopic (exact) mass is 503 g/mol. The van der Waals surface area contributed by atoms with Crippen LogP contribution in [0.15, 0.2) is 12.1 Å². The van der Waals surface area contributed by atoms with Crippen LogP contribution in [0.1, 0.15) is 70.6 Å². The zero-order valence-electron chi connectivity index (χ0n) is 22.5. The average molecular weight is 504 g/mol. The maximum atomic E-state index is 12.8. The van der Waals surface area contributed by atoms with Gasteiger partial charge < -0.3 is 30.3 Å². The Morgan fingerprint density at radius 3 is 2.69 bits per heavy atom. The normalized spacial score (nSPS) is 21.1. The van der Waals surface area contributed by atoms with Crippen molar-refractivity contribution >= 4 is 17.8 Å². The van der Waals surface area contributed by atoms with E-state index >= 15 is 0 Å². The van der Waals surface area contributed by atoms with Crippen molar-refractivity contribution in [3.8, 4) is 0 Å². The predicted octanol–water partition coefficient (Wildman–Crippen LogP) is 3.53. The third-order valence-corrected chi connectivity index (χ3v) is 7.54. The lowest BCUT2D eigenvalue weighted by Gasteiger charge is -2.30. The number of ether oxygens (including phenoxy) is 1. The van der Waals surface area contributed by atoms with Crippen molar-refractivity contribution in [3.05, 3.63) is 23.4 Å². The number of carboxylic acid groups (broad SMARTS) is 1. The molecule has 0 spiro atoms. The van der Waals surface area contributed by atoms with Gasteiger partial charge in [0.1, 0.15) is 11.9 Å². The maximum Gasteiger partial charge on any atom is 0.326 e. The number of rotatable bonds is 13. The molecule has 1 fully saturated rings. The second-order valence-corrected chi connectivity index (χ2v) is 10.5. The van der Waals surface area contributed by atoms with Crippen molar-refractivity contribution in [1.82, 2.24) is 20.1 Å². The fourth-order valence-corrected chi connectivity index (χ4v) is 5.27. The molecule has 0 aliphatic carbocycles. The van der Waals surface area contributed by atoms with Gasteiger partial charge in [0, 0.05) is 44.5 Å². The number of aromatic nitrogens is 1. The SMILES string of the molecule is CO[C@H](C)CN(CCCCc1ccc2c(n1)NCCC2)CC[C@H](NC(=O)N1[C@H](C)CC[C@H]1C)C(=O)O. The number of nitrogens with zero attached hydrogens (tertiary/aromatic N) is 3. The molecule has 3 N–H and O–H groups in total. The number of hydrogen-bond acceptors (Lipinski definition) is 6. The molecular weight excluding hydrogens is 458 g/mol. The zero-order valence-corrected chi connectivity index (χ0v) is 22.5. The first-order chi connectivity index (χ1) is 17.3. The van der Waals surface area contributed by atoms with E-state index in [0.29, 0.717) is 13.0 Å². The number of amides is 2. The molecule has 2 aliphatic rings. The summed E-state index contributed by atoms with van der Waals surface area (Å²) in [7, 11) is 1.69. The van der Waals surface area contributed by atoms with Gasteiger partial charge in [-0.25, -0.2) is 14.6 Å². The number of carbonyl (C=O) groups is 2.